The molecule has 1 aliphatic carbocycles. The van der Waals surface area contributed by atoms with Gasteiger partial charge in [0, 0.05) is 40.4 Å². The molecule has 0 spiro atoms. The van der Waals surface area contributed by atoms with Crippen molar-refractivity contribution in [2.75, 3.05) is 19.0 Å². The molecule has 3 aromatic carbocycles. The van der Waals surface area contributed by atoms with Crippen molar-refractivity contribution < 1.29 is 36.7 Å². The summed E-state index contributed by atoms with van der Waals surface area (Å²) in [6.07, 6.45) is 6.85. The van der Waals surface area contributed by atoms with Crippen LogP contribution in [0.15, 0.2) is 90.3 Å². The summed E-state index contributed by atoms with van der Waals surface area (Å²) in [5, 5.41) is 9.69. The van der Waals surface area contributed by atoms with Gasteiger partial charge < -0.3 is 25.0 Å². The van der Waals surface area contributed by atoms with E-state index in [9.17, 15) is 27.2 Å². The third-order valence-electron chi connectivity index (χ3n) is 12.3. The van der Waals surface area contributed by atoms with Gasteiger partial charge in [0.1, 0.15) is 51.7 Å². The molecular formula is C48H53FN6O7S2. The molecule has 1 saturated carbocycles. The third-order valence-corrected chi connectivity index (χ3v) is 14.4. The summed E-state index contributed by atoms with van der Waals surface area (Å²) < 4.78 is 55.5. The van der Waals surface area contributed by atoms with Crippen LogP contribution in [-0.2, 0) is 30.2 Å². The number of benzene rings is 3. The fourth-order valence-electron chi connectivity index (χ4n) is 8.63. The number of pyridine rings is 1. The molecule has 2 aliphatic heterocycles. The number of thiazole rings is 1. The summed E-state index contributed by atoms with van der Waals surface area (Å²) in [7, 11) is -2.55. The van der Waals surface area contributed by atoms with Crippen molar-refractivity contribution in [3.63, 3.8) is 0 Å². The minimum absolute atomic E-state index is 0.0233. The number of fused-ring (bicyclic) bond motifs is 3. The zero-order valence-corrected chi connectivity index (χ0v) is 37.9. The van der Waals surface area contributed by atoms with Crippen LogP contribution in [0.25, 0.3) is 21.6 Å². The van der Waals surface area contributed by atoms with Crippen LogP contribution >= 0.6 is 11.3 Å². The Balaban J connectivity index is 1.14. The van der Waals surface area contributed by atoms with Gasteiger partial charge in [-0.1, -0.05) is 69.2 Å². The van der Waals surface area contributed by atoms with Crippen LogP contribution in [0.2, 0.25) is 0 Å². The van der Waals surface area contributed by atoms with Crippen LogP contribution in [0.3, 0.4) is 0 Å². The first-order valence-corrected chi connectivity index (χ1v) is 24.3. The molecule has 2 fully saturated rings. The topological polar surface area (TPSA) is 169 Å². The standard InChI is InChI=1S/C48H53FN6O7S2/c1-29(2)39-27-63-45(52-39)38-24-42(36-21-22-41(61-4)30(3)43(36)51-38)62-35-23-40-44(56)53-48(47(58)54-64(59,60)28-31-13-9-8-10-14-31)25-32(48)15-11-6-5-7-12-16-37(46(57)55(40)26-35)50-34-19-17-33(49)18-20-34/h8-11,13-15,17-22,24,27,29,32,35,37,40,50H,5-7,12,16,23,25-26,28H2,1-4H3,(H,53,56)(H,54,58)/t32-,35-,37+,40+,48-/m1/s1. The van der Waals surface area contributed by atoms with E-state index in [4.69, 9.17) is 19.4 Å². The Morgan fingerprint density at radius 3 is 2.55 bits per heavy atom. The van der Waals surface area contributed by atoms with Gasteiger partial charge in [-0.2, -0.15) is 0 Å². The maximum Gasteiger partial charge on any atom is 0.259 e. The molecule has 3 N–H and O–H groups in total. The molecule has 1 saturated heterocycles. The predicted octanol–water partition coefficient (Wildman–Crippen LogP) is 7.81. The number of sulfonamides is 1. The minimum Gasteiger partial charge on any atom is -0.496 e. The van der Waals surface area contributed by atoms with E-state index in [2.05, 4.69) is 29.2 Å². The zero-order valence-electron chi connectivity index (χ0n) is 36.3. The quantitative estimate of drug-likeness (QED) is 0.111. The number of anilines is 1. The van der Waals surface area contributed by atoms with E-state index in [1.54, 1.807) is 49.6 Å². The first kappa shape index (κ1) is 44.7. The Bertz CT molecular complexity index is 2680. The van der Waals surface area contributed by atoms with E-state index >= 15 is 0 Å². The number of carbonyl (C=O) groups is 3. The highest BCUT2D eigenvalue weighted by molar-refractivity contribution is 7.89. The first-order chi connectivity index (χ1) is 30.7. The van der Waals surface area contributed by atoms with Crippen molar-refractivity contribution in [2.24, 2.45) is 5.92 Å². The molecule has 16 heteroatoms. The lowest BCUT2D eigenvalue weighted by Gasteiger charge is -2.30. The number of hydrogen-bond acceptors (Lipinski definition) is 11. The fourth-order valence-corrected chi connectivity index (χ4v) is 10.7. The second-order valence-electron chi connectivity index (χ2n) is 17.2. The lowest BCUT2D eigenvalue weighted by molar-refractivity contribution is -0.140. The van der Waals surface area contributed by atoms with E-state index in [0.717, 1.165) is 24.1 Å². The Morgan fingerprint density at radius 2 is 1.81 bits per heavy atom. The molecule has 0 unspecified atom stereocenters. The summed E-state index contributed by atoms with van der Waals surface area (Å²) in [5.41, 5.74) is 2.49. The van der Waals surface area contributed by atoms with Crippen LogP contribution in [0.5, 0.6) is 11.5 Å². The van der Waals surface area contributed by atoms with Gasteiger partial charge in [0.15, 0.2) is 0 Å². The Hall–Kier alpha value is -5.87. The average Bonchev–Trinajstić information content (AvgIpc) is 3.54. The van der Waals surface area contributed by atoms with Crippen LogP contribution in [0.4, 0.5) is 10.1 Å². The lowest BCUT2D eigenvalue weighted by Crippen LogP contribution is -2.57. The molecule has 2 aromatic heterocycles. The number of hydrogen-bond donors (Lipinski definition) is 3. The maximum atomic E-state index is 14.9. The molecular weight excluding hydrogens is 856 g/mol. The molecule has 0 bridgehead atoms. The van der Waals surface area contributed by atoms with Gasteiger partial charge in [-0.15, -0.1) is 11.3 Å². The number of carbonyl (C=O) groups excluding carboxylic acids is 3. The molecule has 336 valence electrons. The Labute approximate surface area is 376 Å². The fraction of sp³-hybridized carbons (Fsp3) is 0.396. The van der Waals surface area contributed by atoms with Crippen LogP contribution in [0.1, 0.15) is 81.5 Å². The number of rotatable bonds is 11. The average molecular weight is 909 g/mol. The van der Waals surface area contributed by atoms with E-state index in [1.165, 1.54) is 28.4 Å². The van der Waals surface area contributed by atoms with Gasteiger partial charge in [-0.25, -0.2) is 22.8 Å². The number of nitrogens with zero attached hydrogens (tertiary/aromatic N) is 3. The minimum atomic E-state index is -4.15. The van der Waals surface area contributed by atoms with Crippen molar-refractivity contribution in [3.05, 3.63) is 113 Å². The third kappa shape index (κ3) is 9.77. The molecule has 3 amide bonds. The predicted molar refractivity (Wildman–Crippen MR) is 245 cm³/mol. The van der Waals surface area contributed by atoms with Gasteiger partial charge in [0.2, 0.25) is 21.8 Å². The van der Waals surface area contributed by atoms with E-state index in [0.29, 0.717) is 63.6 Å². The number of amides is 3. The van der Waals surface area contributed by atoms with Crippen molar-refractivity contribution in [2.45, 2.75) is 101 Å². The Kier molecular flexibility index (Phi) is 13.1. The first-order valence-electron chi connectivity index (χ1n) is 21.7. The van der Waals surface area contributed by atoms with Gasteiger partial charge in [0.25, 0.3) is 5.91 Å². The molecule has 5 atom stereocenters. The van der Waals surface area contributed by atoms with Crippen LogP contribution < -0.4 is 24.8 Å². The van der Waals surface area contributed by atoms with Gasteiger partial charge in [0.05, 0.1) is 30.6 Å². The molecule has 0 radical (unpaired) electrons. The molecule has 64 heavy (non-hydrogen) atoms. The highest BCUT2D eigenvalue weighted by Gasteiger charge is 2.61. The Morgan fingerprint density at radius 1 is 1.03 bits per heavy atom. The zero-order chi connectivity index (χ0) is 45.2. The molecule has 8 rings (SSSR count). The summed E-state index contributed by atoms with van der Waals surface area (Å²) in [6, 6.07) is 18.0. The highest BCUT2D eigenvalue weighted by atomic mass is 32.2. The van der Waals surface area contributed by atoms with E-state index in [-0.39, 0.29) is 31.2 Å². The van der Waals surface area contributed by atoms with Gasteiger partial charge in [-0.05, 0) is 80.5 Å². The van der Waals surface area contributed by atoms with Crippen LogP contribution in [-0.4, -0.2) is 78.4 Å². The number of ether oxygens (including phenoxy) is 2. The molecule has 3 aliphatic rings. The molecule has 4 heterocycles. The van der Waals surface area contributed by atoms with Crippen molar-refractivity contribution in [1.29, 1.82) is 0 Å². The largest absolute Gasteiger partial charge is 0.496 e. The summed E-state index contributed by atoms with van der Waals surface area (Å²) >= 11 is 1.48. The number of allylic oxidation sites excluding steroid dienone is 1. The van der Waals surface area contributed by atoms with Gasteiger partial charge in [-0.3, -0.25) is 19.1 Å². The highest BCUT2D eigenvalue weighted by Crippen LogP contribution is 2.46. The summed E-state index contributed by atoms with van der Waals surface area (Å²) in [6.45, 7) is 6.10. The second-order valence-corrected chi connectivity index (χ2v) is 19.8. The monoisotopic (exact) mass is 908 g/mol. The summed E-state index contributed by atoms with van der Waals surface area (Å²) in [5.74, 6) is -1.75. The summed E-state index contributed by atoms with van der Waals surface area (Å²) in [4.78, 5) is 55.2. The van der Waals surface area contributed by atoms with Gasteiger partial charge >= 0.3 is 0 Å². The number of aryl methyl sites for hydroxylation is 1. The number of halogens is 1. The lowest BCUT2D eigenvalue weighted by atomic mass is 10.0. The van der Waals surface area contributed by atoms with Crippen molar-refractivity contribution >= 4 is 55.7 Å². The van der Waals surface area contributed by atoms with Crippen molar-refractivity contribution in [1.82, 2.24) is 24.9 Å². The van der Waals surface area contributed by atoms with Crippen LogP contribution in [0, 0.1) is 18.7 Å². The SMILES string of the molecule is COc1ccc2c(O[C@@H]3C[C@H]4C(=O)N[C@]5(C(=O)NS(=O)(=O)Cc6ccccc6)C[C@H]5C=CCCCCC[C@H](Nc5ccc(F)cc5)C(=O)N4C3)cc(-c3nc(C(C)C)cs3)nc2c1C. The van der Waals surface area contributed by atoms with E-state index in [1.807, 2.05) is 42.7 Å². The van der Waals surface area contributed by atoms with E-state index < -0.39 is 63.1 Å². The second kappa shape index (κ2) is 18.7. The maximum absolute atomic E-state index is 14.9. The number of aromatic nitrogens is 2. The molecule has 13 nitrogen and oxygen atoms in total. The number of nitrogens with one attached hydrogen (secondary N) is 3. The molecule has 5 aromatic rings. The number of methoxy groups -OCH3 is 1. The normalized spacial score (nSPS) is 22.8. The smallest absolute Gasteiger partial charge is 0.259 e. The van der Waals surface area contributed by atoms with Crippen molar-refractivity contribution in [3.8, 4) is 22.2 Å².